The van der Waals surface area contributed by atoms with Crippen LogP contribution in [-0.4, -0.2) is 69.0 Å². The van der Waals surface area contributed by atoms with Gasteiger partial charge in [-0.1, -0.05) is 0 Å². The lowest BCUT2D eigenvalue weighted by Crippen LogP contribution is -2.46. The number of aromatic nitrogens is 1. The number of aliphatic carboxylic acids is 1. The molecule has 1 fully saturated rings. The Morgan fingerprint density at radius 1 is 1.29 bits per heavy atom. The molecule has 15 nitrogen and oxygen atoms in total. The number of aliphatic hydroxyl groups excluding tert-OH is 2. The lowest BCUT2D eigenvalue weighted by Gasteiger charge is -2.19. The van der Waals surface area contributed by atoms with Gasteiger partial charge in [-0.2, -0.15) is 4.57 Å². The second kappa shape index (κ2) is 11.2. The Bertz CT molecular complexity index is 848. The standard InChI is InChI=1S/C11H15N2O8P.C4H8N2O3/c12-10(16)6-2-1-3-13(4-6)11-9(15)8(14)7(21-11)5-20-22(17,18)19;5-2(4(8)9)1-3(6)7/h1-4,7-9,11,14-15H,5H2,(H3-,12,16,17,18,19);2H,1,5H2,(H2,6,7)(H,8,9)/t7-,8-,9-,11-;/m1./s1. The first-order valence-corrected chi connectivity index (χ1v) is 9.99. The molecule has 2 rings (SSSR count). The van der Waals surface area contributed by atoms with Crippen molar-refractivity contribution < 1.29 is 57.9 Å². The Morgan fingerprint density at radius 3 is 2.35 bits per heavy atom. The van der Waals surface area contributed by atoms with Crippen molar-refractivity contribution in [2.45, 2.75) is 37.0 Å². The molecule has 1 saturated heterocycles. The van der Waals surface area contributed by atoms with E-state index in [0.717, 1.165) is 0 Å². The number of carboxylic acids is 1. The number of primary amides is 2. The third kappa shape index (κ3) is 8.64. The molecule has 10 N–H and O–H groups in total. The van der Waals surface area contributed by atoms with Crippen LogP contribution in [0.4, 0.5) is 0 Å². The molecule has 16 heteroatoms. The van der Waals surface area contributed by atoms with Crippen molar-refractivity contribution >= 4 is 25.6 Å². The Labute approximate surface area is 175 Å². The SMILES string of the molecule is NC(=O)CC(N)C(=O)O.NC(=O)c1ccc[n+]([C@@H]2O[C@H](COP(=O)([O-])O)[C@@H](O)[C@H]2O)c1. The van der Waals surface area contributed by atoms with Gasteiger partial charge in [-0.05, 0) is 6.07 Å². The number of aliphatic hydroxyl groups is 2. The molecule has 1 aliphatic rings. The van der Waals surface area contributed by atoms with Gasteiger partial charge in [0.25, 0.3) is 20.0 Å². The maximum Gasteiger partial charge on any atom is 0.321 e. The number of carboxylic acid groups (broad SMARTS) is 1. The fourth-order valence-electron chi connectivity index (χ4n) is 2.38. The summed E-state index contributed by atoms with van der Waals surface area (Å²) in [6, 6.07) is 1.78. The maximum absolute atomic E-state index is 11.1. The molecule has 2 amide bonds. The molecule has 0 aliphatic carbocycles. The van der Waals surface area contributed by atoms with Gasteiger partial charge in [-0.25, -0.2) is 0 Å². The number of nitrogens with zero attached hydrogens (tertiary/aromatic N) is 1. The summed E-state index contributed by atoms with van der Waals surface area (Å²) in [4.78, 5) is 50.1. The Morgan fingerprint density at radius 2 is 1.90 bits per heavy atom. The summed E-state index contributed by atoms with van der Waals surface area (Å²) in [5.74, 6) is -2.60. The summed E-state index contributed by atoms with van der Waals surface area (Å²) in [5, 5.41) is 27.9. The van der Waals surface area contributed by atoms with Gasteiger partial charge in [0.15, 0.2) is 18.5 Å². The molecule has 0 saturated carbocycles. The van der Waals surface area contributed by atoms with Gasteiger partial charge in [-0.15, -0.1) is 0 Å². The van der Waals surface area contributed by atoms with Gasteiger partial charge < -0.3 is 51.6 Å². The van der Waals surface area contributed by atoms with Crippen LogP contribution in [0.25, 0.3) is 0 Å². The highest BCUT2D eigenvalue weighted by Gasteiger charge is 2.48. The van der Waals surface area contributed by atoms with E-state index in [9.17, 15) is 34.1 Å². The summed E-state index contributed by atoms with van der Waals surface area (Å²) in [7, 11) is -4.97. The van der Waals surface area contributed by atoms with Crippen molar-refractivity contribution in [3.63, 3.8) is 0 Å². The molecule has 0 spiro atoms. The molecule has 2 heterocycles. The predicted molar refractivity (Wildman–Crippen MR) is 96.3 cm³/mol. The Kier molecular flexibility index (Phi) is 9.61. The highest BCUT2D eigenvalue weighted by atomic mass is 31.2. The molecule has 1 aromatic heterocycles. The minimum Gasteiger partial charge on any atom is -0.756 e. The first-order valence-electron chi connectivity index (χ1n) is 8.50. The maximum atomic E-state index is 11.1. The normalized spacial score (nSPS) is 25.6. The van der Waals surface area contributed by atoms with E-state index in [1.165, 1.54) is 29.1 Å². The predicted octanol–water partition coefficient (Wildman–Crippen LogP) is -4.56. The van der Waals surface area contributed by atoms with Crippen LogP contribution >= 0.6 is 7.82 Å². The van der Waals surface area contributed by atoms with Gasteiger partial charge in [-0.3, -0.25) is 18.9 Å². The smallest absolute Gasteiger partial charge is 0.321 e. The number of hydrogen-bond donors (Lipinski definition) is 7. The average molecular weight is 466 g/mol. The number of phosphoric ester groups is 1. The summed E-state index contributed by atoms with van der Waals surface area (Å²) < 4.78 is 21.3. The second-order valence-electron chi connectivity index (χ2n) is 6.33. The number of pyridine rings is 1. The Hall–Kier alpha value is -2.49. The van der Waals surface area contributed by atoms with Crippen LogP contribution in [0.3, 0.4) is 0 Å². The zero-order valence-corrected chi connectivity index (χ0v) is 16.8. The summed E-state index contributed by atoms with van der Waals surface area (Å²) in [6.07, 6.45) is -2.62. The molecule has 174 valence electrons. The lowest BCUT2D eigenvalue weighted by atomic mass is 10.1. The van der Waals surface area contributed by atoms with Crippen LogP contribution in [0.2, 0.25) is 0 Å². The van der Waals surface area contributed by atoms with Crippen LogP contribution in [-0.2, 0) is 23.4 Å². The van der Waals surface area contributed by atoms with Crippen molar-refractivity contribution in [2.75, 3.05) is 6.61 Å². The third-order valence-corrected chi connectivity index (χ3v) is 4.35. The van der Waals surface area contributed by atoms with Crippen molar-refractivity contribution in [1.82, 2.24) is 0 Å². The number of carbonyl (C=O) groups excluding carboxylic acids is 2. The number of phosphoric acid groups is 1. The summed E-state index contributed by atoms with van der Waals surface area (Å²) in [5.41, 5.74) is 14.9. The number of hydrogen-bond acceptors (Lipinski definition) is 10. The van der Waals surface area contributed by atoms with Crippen LogP contribution in [0.5, 0.6) is 0 Å². The molecular weight excluding hydrogens is 443 g/mol. The zero-order valence-electron chi connectivity index (χ0n) is 15.9. The van der Waals surface area contributed by atoms with E-state index in [0.29, 0.717) is 0 Å². The van der Waals surface area contributed by atoms with Crippen molar-refractivity contribution in [1.29, 1.82) is 0 Å². The first kappa shape index (κ1) is 26.5. The van der Waals surface area contributed by atoms with Crippen LogP contribution < -0.4 is 26.7 Å². The third-order valence-electron chi connectivity index (χ3n) is 3.88. The van der Waals surface area contributed by atoms with E-state index >= 15 is 0 Å². The molecule has 1 aromatic rings. The largest absolute Gasteiger partial charge is 0.756 e. The van der Waals surface area contributed by atoms with Crippen LogP contribution in [0.15, 0.2) is 24.5 Å². The molecule has 0 radical (unpaired) electrons. The van der Waals surface area contributed by atoms with Crippen molar-refractivity contribution in [2.24, 2.45) is 17.2 Å². The molecule has 1 aliphatic heterocycles. The first-order chi connectivity index (χ1) is 14.2. The number of rotatable bonds is 8. The van der Waals surface area contributed by atoms with Gasteiger partial charge in [0, 0.05) is 6.07 Å². The summed E-state index contributed by atoms with van der Waals surface area (Å²) >= 11 is 0. The fourth-order valence-corrected chi connectivity index (χ4v) is 2.72. The van der Waals surface area contributed by atoms with E-state index in [1.54, 1.807) is 0 Å². The highest BCUT2D eigenvalue weighted by molar-refractivity contribution is 7.44. The number of ether oxygens (including phenoxy) is 1. The minimum atomic E-state index is -4.97. The van der Waals surface area contributed by atoms with Crippen molar-refractivity contribution in [3.05, 3.63) is 30.1 Å². The molecular formula is C15H23N4O11P. The minimum absolute atomic E-state index is 0.159. The number of amides is 2. The average Bonchev–Trinajstić information content (AvgIpc) is 2.94. The van der Waals surface area contributed by atoms with Crippen LogP contribution in [0, 0.1) is 0 Å². The highest BCUT2D eigenvalue weighted by Crippen LogP contribution is 2.33. The lowest BCUT2D eigenvalue weighted by molar-refractivity contribution is -0.765. The fraction of sp³-hybridized carbons (Fsp3) is 0.467. The molecule has 0 bridgehead atoms. The van der Waals surface area contributed by atoms with E-state index in [-0.39, 0.29) is 12.0 Å². The number of nitrogens with two attached hydrogens (primary N) is 3. The summed E-state index contributed by atoms with van der Waals surface area (Å²) in [6.45, 7) is -0.665. The van der Waals surface area contributed by atoms with Gasteiger partial charge in [0.1, 0.15) is 23.8 Å². The van der Waals surface area contributed by atoms with E-state index < -0.39 is 62.8 Å². The molecule has 31 heavy (non-hydrogen) atoms. The van der Waals surface area contributed by atoms with E-state index in [4.69, 9.17) is 26.2 Å². The molecule has 0 aromatic carbocycles. The van der Waals surface area contributed by atoms with E-state index in [1.807, 2.05) is 0 Å². The van der Waals surface area contributed by atoms with Crippen molar-refractivity contribution in [3.8, 4) is 0 Å². The topological polar surface area (TPSA) is 273 Å². The monoisotopic (exact) mass is 466 g/mol. The number of carbonyl (C=O) groups is 3. The van der Waals surface area contributed by atoms with Gasteiger partial charge >= 0.3 is 5.97 Å². The van der Waals surface area contributed by atoms with Gasteiger partial charge in [0.05, 0.1) is 13.0 Å². The second-order valence-corrected chi connectivity index (χ2v) is 7.53. The zero-order chi connectivity index (χ0) is 23.9. The van der Waals surface area contributed by atoms with Crippen LogP contribution in [0.1, 0.15) is 23.0 Å². The van der Waals surface area contributed by atoms with Gasteiger partial charge in [0.2, 0.25) is 5.91 Å². The Balaban J connectivity index is 0.000000452. The van der Waals surface area contributed by atoms with E-state index in [2.05, 4.69) is 10.3 Å². The quantitative estimate of drug-likeness (QED) is 0.141. The molecule has 6 atom stereocenters. The molecule has 2 unspecified atom stereocenters.